The summed E-state index contributed by atoms with van der Waals surface area (Å²) in [5.74, 6) is -0.362. The van der Waals surface area contributed by atoms with Crippen molar-refractivity contribution in [2.24, 2.45) is 0 Å². The molecule has 1 amide bonds. The van der Waals surface area contributed by atoms with E-state index in [4.69, 9.17) is 11.6 Å². The van der Waals surface area contributed by atoms with E-state index in [0.29, 0.717) is 11.4 Å². The van der Waals surface area contributed by atoms with Crippen molar-refractivity contribution in [3.8, 4) is 0 Å². The molecule has 2 aromatic rings. The summed E-state index contributed by atoms with van der Waals surface area (Å²) in [6.45, 7) is 0. The summed E-state index contributed by atoms with van der Waals surface area (Å²) in [7, 11) is 0. The molecular formula is C17H14ClN2O2. The van der Waals surface area contributed by atoms with Crippen LogP contribution in [0.3, 0.4) is 0 Å². The maximum atomic E-state index is 11.8. The zero-order valence-corrected chi connectivity index (χ0v) is 12.5. The van der Waals surface area contributed by atoms with Gasteiger partial charge in [-0.15, -0.1) is 0 Å². The molecule has 2 rings (SSSR count). The maximum Gasteiger partial charge on any atom is 0.244 e. The number of carbonyl (C=O) groups is 1. The minimum atomic E-state index is -0.725. The van der Waals surface area contributed by atoms with E-state index < -0.39 is 6.04 Å². The molecule has 1 aromatic carbocycles. The molecule has 0 fully saturated rings. The highest BCUT2D eigenvalue weighted by atomic mass is 35.5. The summed E-state index contributed by atoms with van der Waals surface area (Å²) >= 11 is 5.79. The van der Waals surface area contributed by atoms with E-state index in [1.54, 1.807) is 48.7 Å². The molecule has 0 aliphatic heterocycles. The first kappa shape index (κ1) is 15.9. The van der Waals surface area contributed by atoms with Crippen LogP contribution in [0.15, 0.2) is 54.7 Å². The first-order valence-corrected chi connectivity index (χ1v) is 7.07. The molecule has 5 heteroatoms. The van der Waals surface area contributed by atoms with Crippen LogP contribution in [0.4, 0.5) is 0 Å². The predicted molar refractivity (Wildman–Crippen MR) is 86.1 cm³/mol. The van der Waals surface area contributed by atoms with Gasteiger partial charge in [-0.1, -0.05) is 29.8 Å². The smallest absolute Gasteiger partial charge is 0.244 e. The van der Waals surface area contributed by atoms with E-state index in [0.717, 1.165) is 11.3 Å². The van der Waals surface area contributed by atoms with Gasteiger partial charge >= 0.3 is 0 Å². The first-order valence-electron chi connectivity index (χ1n) is 6.69. The van der Waals surface area contributed by atoms with Gasteiger partial charge in [-0.3, -0.25) is 14.6 Å². The lowest BCUT2D eigenvalue weighted by atomic mass is 10.1. The van der Waals surface area contributed by atoms with Crippen molar-refractivity contribution in [3.05, 3.63) is 71.0 Å². The number of rotatable bonds is 6. The molecule has 1 atom stereocenters. The number of pyridine rings is 1. The highest BCUT2D eigenvalue weighted by Gasteiger charge is 2.11. The molecule has 0 aliphatic carbocycles. The van der Waals surface area contributed by atoms with Crippen molar-refractivity contribution in [1.29, 1.82) is 0 Å². The van der Waals surface area contributed by atoms with Crippen molar-refractivity contribution in [3.63, 3.8) is 0 Å². The summed E-state index contributed by atoms with van der Waals surface area (Å²) in [5.41, 5.74) is 1.56. The normalized spacial score (nSPS) is 12.0. The third-order valence-corrected chi connectivity index (χ3v) is 3.15. The largest absolute Gasteiger partial charge is 0.342 e. The van der Waals surface area contributed by atoms with Crippen LogP contribution in [0, 0.1) is 0 Å². The molecule has 1 N–H and O–H groups in total. The van der Waals surface area contributed by atoms with Crippen molar-refractivity contribution >= 4 is 29.9 Å². The van der Waals surface area contributed by atoms with E-state index in [9.17, 15) is 9.59 Å². The molecule has 0 bridgehead atoms. The highest BCUT2D eigenvalue weighted by molar-refractivity contribution is 6.30. The molecular weight excluding hydrogens is 300 g/mol. The standard InChI is InChI=1S/C17H14ClN2O2/c18-14-7-4-13(5-8-14)6-9-17(22)20-16(12-21)11-15-3-1-2-10-19-15/h1-10,16H,11H2,(H,20,22)/b9-6+. The van der Waals surface area contributed by atoms with Crippen LogP contribution < -0.4 is 5.32 Å². The van der Waals surface area contributed by atoms with Gasteiger partial charge < -0.3 is 5.32 Å². The number of nitrogens with one attached hydrogen (secondary N) is 1. The molecule has 0 saturated heterocycles. The number of hydrogen-bond donors (Lipinski definition) is 1. The van der Waals surface area contributed by atoms with Gasteiger partial charge in [-0.2, -0.15) is 0 Å². The minimum Gasteiger partial charge on any atom is -0.342 e. The Kier molecular flexibility index (Phi) is 5.86. The van der Waals surface area contributed by atoms with Crippen LogP contribution in [0.5, 0.6) is 0 Å². The maximum absolute atomic E-state index is 11.8. The van der Waals surface area contributed by atoms with Gasteiger partial charge in [-0.05, 0) is 35.9 Å². The molecule has 1 heterocycles. The summed E-state index contributed by atoms with van der Waals surface area (Å²) in [4.78, 5) is 26.9. The second-order valence-electron chi connectivity index (χ2n) is 4.59. The van der Waals surface area contributed by atoms with Gasteiger partial charge in [0.15, 0.2) is 0 Å². The molecule has 0 spiro atoms. The molecule has 0 aliphatic rings. The van der Waals surface area contributed by atoms with Gasteiger partial charge in [0.05, 0.1) is 0 Å². The Morgan fingerprint density at radius 2 is 2.05 bits per heavy atom. The number of benzene rings is 1. The van der Waals surface area contributed by atoms with Crippen LogP contribution in [0.2, 0.25) is 5.02 Å². The Balaban J connectivity index is 1.91. The van der Waals surface area contributed by atoms with Crippen molar-refractivity contribution < 1.29 is 9.59 Å². The van der Waals surface area contributed by atoms with E-state index in [-0.39, 0.29) is 5.91 Å². The summed E-state index contributed by atoms with van der Waals surface area (Å²) in [5, 5.41) is 3.21. The van der Waals surface area contributed by atoms with E-state index >= 15 is 0 Å². The number of carbonyl (C=O) groups excluding carboxylic acids is 2. The lowest BCUT2D eigenvalue weighted by molar-refractivity contribution is -0.116. The summed E-state index contributed by atoms with van der Waals surface area (Å²) in [6, 6.07) is 11.7. The molecule has 1 unspecified atom stereocenters. The average molecular weight is 314 g/mol. The fraction of sp³-hybridized carbons (Fsp3) is 0.118. The molecule has 22 heavy (non-hydrogen) atoms. The average Bonchev–Trinajstić information content (AvgIpc) is 2.54. The van der Waals surface area contributed by atoms with Gasteiger partial charge in [0.1, 0.15) is 6.04 Å². The van der Waals surface area contributed by atoms with Crippen molar-refractivity contribution in [2.75, 3.05) is 0 Å². The lowest BCUT2D eigenvalue weighted by Gasteiger charge is -2.09. The summed E-state index contributed by atoms with van der Waals surface area (Å²) in [6.07, 6.45) is 6.78. The number of aromatic nitrogens is 1. The Morgan fingerprint density at radius 3 is 2.68 bits per heavy atom. The van der Waals surface area contributed by atoms with Crippen LogP contribution in [0.25, 0.3) is 6.08 Å². The zero-order valence-electron chi connectivity index (χ0n) is 11.7. The molecule has 1 radical (unpaired) electrons. The molecule has 0 saturated carbocycles. The van der Waals surface area contributed by atoms with Gasteiger partial charge in [-0.25, -0.2) is 0 Å². The van der Waals surface area contributed by atoms with E-state index in [1.165, 1.54) is 6.08 Å². The van der Waals surface area contributed by atoms with Crippen LogP contribution >= 0.6 is 11.6 Å². The second kappa shape index (κ2) is 8.10. The summed E-state index contributed by atoms with van der Waals surface area (Å²) < 4.78 is 0. The Labute approximate surface area is 133 Å². The van der Waals surface area contributed by atoms with E-state index in [1.807, 2.05) is 12.4 Å². The second-order valence-corrected chi connectivity index (χ2v) is 5.03. The fourth-order valence-electron chi connectivity index (χ4n) is 1.82. The van der Waals surface area contributed by atoms with Crippen LogP contribution in [0.1, 0.15) is 11.3 Å². The Hall–Kier alpha value is -2.46. The number of hydrogen-bond acceptors (Lipinski definition) is 3. The van der Waals surface area contributed by atoms with Gasteiger partial charge in [0, 0.05) is 29.4 Å². The number of amides is 1. The molecule has 4 nitrogen and oxygen atoms in total. The zero-order chi connectivity index (χ0) is 15.8. The van der Waals surface area contributed by atoms with Gasteiger partial charge in [0.25, 0.3) is 0 Å². The number of nitrogens with zero attached hydrogens (tertiary/aromatic N) is 1. The highest BCUT2D eigenvalue weighted by Crippen LogP contribution is 2.10. The Morgan fingerprint density at radius 1 is 1.27 bits per heavy atom. The fourth-order valence-corrected chi connectivity index (χ4v) is 1.94. The third kappa shape index (κ3) is 5.14. The first-order chi connectivity index (χ1) is 10.7. The van der Waals surface area contributed by atoms with Crippen LogP contribution in [-0.4, -0.2) is 23.2 Å². The van der Waals surface area contributed by atoms with E-state index in [2.05, 4.69) is 10.3 Å². The molecule has 111 valence electrons. The minimum absolute atomic E-state index is 0.310. The quantitative estimate of drug-likeness (QED) is 0.834. The third-order valence-electron chi connectivity index (χ3n) is 2.90. The predicted octanol–water partition coefficient (Wildman–Crippen LogP) is 2.59. The SMILES string of the molecule is O=[C]C(Cc1ccccn1)NC(=O)/C=C/c1ccc(Cl)cc1. The monoisotopic (exact) mass is 313 g/mol. The van der Waals surface area contributed by atoms with Crippen molar-refractivity contribution in [2.45, 2.75) is 12.5 Å². The van der Waals surface area contributed by atoms with Crippen molar-refractivity contribution in [1.82, 2.24) is 10.3 Å². The van der Waals surface area contributed by atoms with Crippen LogP contribution in [-0.2, 0) is 16.0 Å². The molecule has 1 aromatic heterocycles. The number of halogens is 1. The van der Waals surface area contributed by atoms with Gasteiger partial charge in [0.2, 0.25) is 12.2 Å². The lowest BCUT2D eigenvalue weighted by Crippen LogP contribution is -2.36. The topological polar surface area (TPSA) is 59.1 Å². The Bertz CT molecular complexity index is 654.